The van der Waals surface area contributed by atoms with Crippen LogP contribution in [0.1, 0.15) is 163 Å². The Morgan fingerprint density at radius 3 is 1.60 bits per heavy atom. The summed E-state index contributed by atoms with van der Waals surface area (Å²) >= 11 is 0. The molecular weight excluding hydrogens is 640 g/mol. The minimum absolute atomic E-state index is 0.00791. The van der Waals surface area contributed by atoms with Gasteiger partial charge in [0.1, 0.15) is 18.1 Å². The van der Waals surface area contributed by atoms with Crippen LogP contribution in [0.25, 0.3) is 0 Å². The summed E-state index contributed by atoms with van der Waals surface area (Å²) < 4.78 is 5.55. The number of guanidine groups is 1. The first kappa shape index (κ1) is 46.6. The van der Waals surface area contributed by atoms with Gasteiger partial charge in [-0.2, -0.15) is 0 Å². The minimum Gasteiger partial charge on any atom is -0.481 e. The maximum atomic E-state index is 13.4. The molecule has 0 heterocycles. The van der Waals surface area contributed by atoms with Crippen LogP contribution in [0.15, 0.2) is 4.99 Å². The zero-order valence-corrected chi connectivity index (χ0v) is 31.6. The molecule has 0 aliphatic heterocycles. The van der Waals surface area contributed by atoms with Crippen LogP contribution in [0.4, 0.5) is 0 Å². The topological polar surface area (TPSA) is 215 Å². The molecule has 0 aromatic carbocycles. The van der Waals surface area contributed by atoms with Gasteiger partial charge in [0.25, 0.3) is 0 Å². The first-order valence-corrected chi connectivity index (χ1v) is 19.2. The highest BCUT2D eigenvalue weighted by Crippen LogP contribution is 2.14. The normalized spacial score (nSPS) is 12.8. The Labute approximate surface area is 301 Å². The van der Waals surface area contributed by atoms with E-state index in [4.69, 9.17) is 21.3 Å². The lowest BCUT2D eigenvalue weighted by atomic mass is 10.0. The number of hydrogen-bond acceptors (Lipinski definition) is 7. The molecule has 3 amide bonds. The van der Waals surface area contributed by atoms with Crippen LogP contribution in [0, 0.1) is 5.92 Å². The number of hydrogen-bond donors (Lipinski definition) is 6. The van der Waals surface area contributed by atoms with Crippen LogP contribution < -0.4 is 27.4 Å². The second-order valence-corrected chi connectivity index (χ2v) is 13.9. The van der Waals surface area contributed by atoms with Crippen LogP contribution in [0.2, 0.25) is 0 Å². The van der Waals surface area contributed by atoms with E-state index in [1.807, 2.05) is 13.8 Å². The summed E-state index contributed by atoms with van der Waals surface area (Å²) in [5, 5.41) is 16.9. The molecule has 8 N–H and O–H groups in total. The van der Waals surface area contributed by atoms with Crippen LogP contribution in [0.5, 0.6) is 0 Å². The number of nitrogens with zero attached hydrogens (tertiary/aromatic N) is 1. The molecule has 0 rings (SSSR count). The third kappa shape index (κ3) is 27.4. The lowest BCUT2D eigenvalue weighted by Gasteiger charge is -2.26. The highest BCUT2D eigenvalue weighted by atomic mass is 16.5. The first-order chi connectivity index (χ1) is 23.9. The second kappa shape index (κ2) is 30.4. The van der Waals surface area contributed by atoms with Gasteiger partial charge in [0.2, 0.25) is 17.7 Å². The quantitative estimate of drug-likeness (QED) is 0.0233. The Morgan fingerprint density at radius 1 is 0.660 bits per heavy atom. The first-order valence-electron chi connectivity index (χ1n) is 19.2. The van der Waals surface area contributed by atoms with E-state index in [2.05, 4.69) is 27.9 Å². The van der Waals surface area contributed by atoms with Crippen molar-refractivity contribution in [3.05, 3.63) is 0 Å². The highest BCUT2D eigenvalue weighted by Gasteiger charge is 2.30. The fraction of sp³-hybridized carbons (Fsp3) is 0.838. The van der Waals surface area contributed by atoms with Crippen LogP contribution in [-0.2, 0) is 28.7 Å². The number of aliphatic imine (C=N–C) groups is 1. The Kier molecular flexibility index (Phi) is 28.4. The molecule has 0 radical (unpaired) electrons. The van der Waals surface area contributed by atoms with E-state index in [0.717, 1.165) is 25.7 Å². The SMILES string of the molecule is CCCCCCCCCCCCCCCCCCOC(=O)C(CCCN=C(N)N)NC(=O)C(CC(C)C)NC(=O)C(CCC(=O)O)NC(C)=O. The molecule has 50 heavy (non-hydrogen) atoms. The van der Waals surface area contributed by atoms with Crippen molar-refractivity contribution < 1.29 is 33.8 Å². The van der Waals surface area contributed by atoms with Gasteiger partial charge < -0.3 is 37.3 Å². The number of esters is 1. The van der Waals surface area contributed by atoms with Crippen molar-refractivity contribution in [2.75, 3.05) is 13.2 Å². The highest BCUT2D eigenvalue weighted by molar-refractivity contribution is 5.93. The average Bonchev–Trinajstić information content (AvgIpc) is 3.04. The summed E-state index contributed by atoms with van der Waals surface area (Å²) in [7, 11) is 0. The van der Waals surface area contributed by atoms with E-state index in [1.165, 1.54) is 84.0 Å². The van der Waals surface area contributed by atoms with E-state index in [0.29, 0.717) is 6.42 Å². The Hall–Kier alpha value is -3.38. The number of carbonyl (C=O) groups is 5. The third-order valence-electron chi connectivity index (χ3n) is 8.47. The number of unbranched alkanes of at least 4 members (excludes halogenated alkanes) is 15. The van der Waals surface area contributed by atoms with Crippen LogP contribution in [-0.4, -0.2) is 72.0 Å². The predicted octanol–water partition coefficient (Wildman–Crippen LogP) is 5.23. The Balaban J connectivity index is 4.84. The van der Waals surface area contributed by atoms with Crippen molar-refractivity contribution in [3.8, 4) is 0 Å². The van der Waals surface area contributed by atoms with Gasteiger partial charge in [-0.25, -0.2) is 4.79 Å². The number of carboxylic acids is 1. The Bertz CT molecular complexity index is 987. The fourth-order valence-electron chi connectivity index (χ4n) is 5.71. The molecule has 290 valence electrons. The molecule has 0 saturated carbocycles. The maximum absolute atomic E-state index is 13.4. The van der Waals surface area contributed by atoms with Crippen molar-refractivity contribution in [2.24, 2.45) is 22.4 Å². The van der Waals surface area contributed by atoms with Crippen molar-refractivity contribution in [2.45, 2.75) is 181 Å². The van der Waals surface area contributed by atoms with Gasteiger partial charge in [-0.3, -0.25) is 24.2 Å². The van der Waals surface area contributed by atoms with Gasteiger partial charge in [-0.1, -0.05) is 117 Å². The summed E-state index contributed by atoms with van der Waals surface area (Å²) in [6.45, 7) is 7.73. The van der Waals surface area contributed by atoms with Gasteiger partial charge in [0.05, 0.1) is 6.61 Å². The van der Waals surface area contributed by atoms with Crippen molar-refractivity contribution in [1.29, 1.82) is 0 Å². The molecule has 0 fully saturated rings. The van der Waals surface area contributed by atoms with Crippen LogP contribution in [0.3, 0.4) is 0 Å². The van der Waals surface area contributed by atoms with Gasteiger partial charge in [0, 0.05) is 19.9 Å². The molecule has 0 spiro atoms. The summed E-state index contributed by atoms with van der Waals surface area (Å²) in [5.41, 5.74) is 10.8. The molecule has 0 saturated heterocycles. The zero-order chi connectivity index (χ0) is 37.6. The number of nitrogens with one attached hydrogen (secondary N) is 3. The third-order valence-corrected chi connectivity index (χ3v) is 8.47. The van der Waals surface area contributed by atoms with Crippen molar-refractivity contribution in [3.63, 3.8) is 0 Å². The number of nitrogens with two attached hydrogens (primary N) is 2. The summed E-state index contributed by atoms with van der Waals surface area (Å²) in [6, 6.07) is -3.15. The monoisotopic (exact) mass is 711 g/mol. The van der Waals surface area contributed by atoms with Crippen molar-refractivity contribution >= 4 is 35.6 Å². The number of ether oxygens (including phenoxy) is 1. The van der Waals surface area contributed by atoms with Gasteiger partial charge in [-0.05, 0) is 38.0 Å². The summed E-state index contributed by atoms with van der Waals surface area (Å²) in [6.07, 6.45) is 20.3. The van der Waals surface area contributed by atoms with E-state index in [-0.39, 0.29) is 50.7 Å². The molecule has 0 bridgehead atoms. The molecule has 0 aliphatic rings. The molecule has 0 aromatic rings. The molecule has 0 aliphatic carbocycles. The molecule has 0 aromatic heterocycles. The van der Waals surface area contributed by atoms with Gasteiger partial charge in [-0.15, -0.1) is 0 Å². The number of rotatable bonds is 32. The lowest BCUT2D eigenvalue weighted by Crippen LogP contribution is -2.56. The number of aliphatic carboxylic acids is 1. The maximum Gasteiger partial charge on any atom is 0.328 e. The zero-order valence-electron chi connectivity index (χ0n) is 31.6. The minimum atomic E-state index is -1.13. The van der Waals surface area contributed by atoms with E-state index in [9.17, 15) is 24.0 Å². The van der Waals surface area contributed by atoms with E-state index in [1.54, 1.807) is 0 Å². The number of amides is 3. The second-order valence-electron chi connectivity index (χ2n) is 13.9. The van der Waals surface area contributed by atoms with Crippen LogP contribution >= 0.6 is 0 Å². The molecule has 3 unspecified atom stereocenters. The number of carboxylic acid groups (broad SMARTS) is 1. The Morgan fingerprint density at radius 2 is 1.14 bits per heavy atom. The van der Waals surface area contributed by atoms with Gasteiger partial charge in [0.15, 0.2) is 5.96 Å². The predicted molar refractivity (Wildman–Crippen MR) is 198 cm³/mol. The van der Waals surface area contributed by atoms with Gasteiger partial charge >= 0.3 is 11.9 Å². The molecule has 13 heteroatoms. The molecular formula is C37H70N6O7. The summed E-state index contributed by atoms with van der Waals surface area (Å²) in [4.78, 5) is 66.3. The van der Waals surface area contributed by atoms with E-state index >= 15 is 0 Å². The molecule has 3 atom stereocenters. The average molecular weight is 711 g/mol. The van der Waals surface area contributed by atoms with Crippen molar-refractivity contribution in [1.82, 2.24) is 16.0 Å². The lowest BCUT2D eigenvalue weighted by molar-refractivity contribution is -0.148. The fourth-order valence-corrected chi connectivity index (χ4v) is 5.71. The standard InChI is InChI=1S/C37H70N6O7/c1-5-6-7-8-9-10-11-12-13-14-15-16-17-18-19-20-26-50-36(49)31(22-21-25-40-37(38)39)42-35(48)32(27-28(2)3)43-34(47)30(41-29(4)44)23-24-33(45)46/h28,30-32H,5-27H2,1-4H3,(H,41,44)(H,42,48)(H,43,47)(H,45,46)(H4,38,39,40). The number of carbonyl (C=O) groups excluding carboxylic acids is 4. The summed E-state index contributed by atoms with van der Waals surface area (Å²) in [5.74, 6) is -3.55. The largest absolute Gasteiger partial charge is 0.481 e. The molecule has 13 nitrogen and oxygen atoms in total. The van der Waals surface area contributed by atoms with E-state index < -0.39 is 47.8 Å². The smallest absolute Gasteiger partial charge is 0.328 e.